The minimum atomic E-state index is -0.229. The van der Waals surface area contributed by atoms with Crippen LogP contribution in [-0.2, 0) is 6.42 Å². The Morgan fingerprint density at radius 1 is 1.44 bits per heavy atom. The highest BCUT2D eigenvalue weighted by Gasteiger charge is 2.31. The van der Waals surface area contributed by atoms with Gasteiger partial charge in [0.2, 0.25) is 0 Å². The first kappa shape index (κ1) is 11.9. The number of hydrogen-bond acceptors (Lipinski definition) is 1. The standard InChI is InChI=1S/C13H16ClFO/c1-8-9(2-5-13(8)16)6-10-7-11(14)3-4-12(10)15/h3-4,7-9,13,16H,2,5-6H2,1H3. The molecule has 3 heteroatoms. The molecule has 0 amide bonds. The van der Waals surface area contributed by atoms with Crippen molar-refractivity contribution in [1.82, 2.24) is 0 Å². The van der Waals surface area contributed by atoms with Gasteiger partial charge in [-0.3, -0.25) is 0 Å². The van der Waals surface area contributed by atoms with Crippen molar-refractivity contribution in [2.45, 2.75) is 32.3 Å². The fraction of sp³-hybridized carbons (Fsp3) is 0.538. The molecule has 1 fully saturated rings. The molecule has 16 heavy (non-hydrogen) atoms. The second-order valence-electron chi connectivity index (χ2n) is 4.70. The molecule has 1 saturated carbocycles. The molecule has 0 bridgehead atoms. The Labute approximate surface area is 100 Å². The third kappa shape index (κ3) is 2.38. The maximum absolute atomic E-state index is 13.5. The van der Waals surface area contributed by atoms with Gasteiger partial charge >= 0.3 is 0 Å². The van der Waals surface area contributed by atoms with Gasteiger partial charge in [-0.05, 0) is 54.9 Å². The van der Waals surface area contributed by atoms with Crippen molar-refractivity contribution in [3.63, 3.8) is 0 Å². The minimum absolute atomic E-state index is 0.196. The molecule has 0 saturated heterocycles. The Kier molecular flexibility index (Phi) is 3.50. The molecule has 3 unspecified atom stereocenters. The van der Waals surface area contributed by atoms with E-state index in [1.807, 2.05) is 6.92 Å². The number of aliphatic hydroxyl groups excluding tert-OH is 1. The summed E-state index contributed by atoms with van der Waals surface area (Å²) >= 11 is 5.85. The van der Waals surface area contributed by atoms with Crippen LogP contribution in [0.4, 0.5) is 4.39 Å². The second kappa shape index (κ2) is 4.72. The molecule has 0 radical (unpaired) electrons. The zero-order valence-electron chi connectivity index (χ0n) is 9.29. The molecule has 3 atom stereocenters. The summed E-state index contributed by atoms with van der Waals surface area (Å²) in [6.45, 7) is 2.03. The molecule has 1 aliphatic rings. The van der Waals surface area contributed by atoms with E-state index < -0.39 is 0 Å². The zero-order valence-corrected chi connectivity index (χ0v) is 10.0. The topological polar surface area (TPSA) is 20.2 Å². The summed E-state index contributed by atoms with van der Waals surface area (Å²) in [5, 5.41) is 10.2. The molecule has 0 spiro atoms. The van der Waals surface area contributed by atoms with Crippen LogP contribution in [0.3, 0.4) is 0 Å². The van der Waals surface area contributed by atoms with Crippen LogP contribution in [-0.4, -0.2) is 11.2 Å². The first-order valence-corrected chi connectivity index (χ1v) is 6.07. The SMILES string of the molecule is CC1C(O)CCC1Cc1cc(Cl)ccc1F. The normalized spacial score (nSPS) is 29.6. The summed E-state index contributed by atoms with van der Waals surface area (Å²) in [5.74, 6) is 0.416. The van der Waals surface area contributed by atoms with Crippen LogP contribution in [0.25, 0.3) is 0 Å². The summed E-state index contributed by atoms with van der Waals surface area (Å²) in [6.07, 6.45) is 2.24. The number of halogens is 2. The van der Waals surface area contributed by atoms with E-state index in [9.17, 15) is 9.50 Å². The molecule has 0 heterocycles. The number of hydrogen-bond donors (Lipinski definition) is 1. The lowest BCUT2D eigenvalue weighted by atomic mass is 9.90. The van der Waals surface area contributed by atoms with E-state index in [0.717, 1.165) is 12.8 Å². The molecule has 1 aromatic carbocycles. The lowest BCUT2D eigenvalue weighted by molar-refractivity contribution is 0.127. The Bertz CT molecular complexity index is 380. The lowest BCUT2D eigenvalue weighted by Crippen LogP contribution is -2.17. The Hall–Kier alpha value is -0.600. The van der Waals surface area contributed by atoms with Crippen molar-refractivity contribution in [2.24, 2.45) is 11.8 Å². The molecule has 2 rings (SSSR count). The van der Waals surface area contributed by atoms with Gasteiger partial charge in [-0.25, -0.2) is 4.39 Å². The highest BCUT2D eigenvalue weighted by molar-refractivity contribution is 6.30. The van der Waals surface area contributed by atoms with Crippen LogP contribution < -0.4 is 0 Å². The Morgan fingerprint density at radius 2 is 2.19 bits per heavy atom. The summed E-state index contributed by atoms with van der Waals surface area (Å²) in [6, 6.07) is 4.66. The van der Waals surface area contributed by atoms with Gasteiger partial charge in [-0.1, -0.05) is 18.5 Å². The summed E-state index contributed by atoms with van der Waals surface area (Å²) < 4.78 is 13.5. The number of aliphatic hydroxyl groups is 1. The largest absolute Gasteiger partial charge is 0.393 e. The van der Waals surface area contributed by atoms with Gasteiger partial charge in [0.15, 0.2) is 0 Å². The molecule has 1 nitrogen and oxygen atoms in total. The average molecular weight is 243 g/mol. The van der Waals surface area contributed by atoms with Crippen molar-refractivity contribution >= 4 is 11.6 Å². The second-order valence-corrected chi connectivity index (χ2v) is 5.14. The molecule has 1 N–H and O–H groups in total. The predicted octanol–water partition coefficient (Wildman–Crippen LogP) is 3.43. The first-order valence-electron chi connectivity index (χ1n) is 5.70. The monoisotopic (exact) mass is 242 g/mol. The van der Waals surface area contributed by atoms with Crippen molar-refractivity contribution in [1.29, 1.82) is 0 Å². The molecule has 1 aliphatic carbocycles. The van der Waals surface area contributed by atoms with Crippen LogP contribution in [0.15, 0.2) is 18.2 Å². The van der Waals surface area contributed by atoms with Crippen molar-refractivity contribution < 1.29 is 9.50 Å². The molecule has 88 valence electrons. The fourth-order valence-corrected chi connectivity index (χ4v) is 2.69. The maximum Gasteiger partial charge on any atom is 0.126 e. The van der Waals surface area contributed by atoms with Crippen LogP contribution in [0.5, 0.6) is 0 Å². The van der Waals surface area contributed by atoms with E-state index in [-0.39, 0.29) is 17.8 Å². The third-order valence-corrected chi connectivity index (χ3v) is 3.91. The third-order valence-electron chi connectivity index (χ3n) is 3.67. The van der Waals surface area contributed by atoms with Gasteiger partial charge in [-0.15, -0.1) is 0 Å². The number of rotatable bonds is 2. The quantitative estimate of drug-likeness (QED) is 0.843. The van der Waals surface area contributed by atoms with Crippen LogP contribution in [0.1, 0.15) is 25.3 Å². The smallest absolute Gasteiger partial charge is 0.126 e. The van der Waals surface area contributed by atoms with Gasteiger partial charge in [0.1, 0.15) is 5.82 Å². The Morgan fingerprint density at radius 3 is 2.81 bits per heavy atom. The van der Waals surface area contributed by atoms with E-state index in [0.29, 0.717) is 22.9 Å². The lowest BCUT2D eigenvalue weighted by Gasteiger charge is -2.17. The van der Waals surface area contributed by atoms with Crippen molar-refractivity contribution in [3.8, 4) is 0 Å². The average Bonchev–Trinajstić information content (AvgIpc) is 2.55. The first-order chi connectivity index (χ1) is 7.58. The highest BCUT2D eigenvalue weighted by Crippen LogP contribution is 2.34. The highest BCUT2D eigenvalue weighted by atomic mass is 35.5. The van der Waals surface area contributed by atoms with E-state index >= 15 is 0 Å². The Balaban J connectivity index is 2.12. The van der Waals surface area contributed by atoms with Gasteiger partial charge in [0, 0.05) is 5.02 Å². The van der Waals surface area contributed by atoms with E-state index in [1.54, 1.807) is 12.1 Å². The van der Waals surface area contributed by atoms with Crippen LogP contribution >= 0.6 is 11.6 Å². The molecule has 0 aliphatic heterocycles. The molecule has 1 aromatic rings. The number of benzene rings is 1. The maximum atomic E-state index is 13.5. The van der Waals surface area contributed by atoms with E-state index in [4.69, 9.17) is 11.6 Å². The zero-order chi connectivity index (χ0) is 11.7. The van der Waals surface area contributed by atoms with Gasteiger partial charge in [0.05, 0.1) is 6.10 Å². The van der Waals surface area contributed by atoms with E-state index in [2.05, 4.69) is 0 Å². The van der Waals surface area contributed by atoms with Gasteiger partial charge in [-0.2, -0.15) is 0 Å². The fourth-order valence-electron chi connectivity index (χ4n) is 2.49. The summed E-state index contributed by atoms with van der Waals surface area (Å²) in [5.41, 5.74) is 0.665. The predicted molar refractivity (Wildman–Crippen MR) is 63.0 cm³/mol. The van der Waals surface area contributed by atoms with E-state index in [1.165, 1.54) is 6.07 Å². The van der Waals surface area contributed by atoms with Crippen molar-refractivity contribution in [2.75, 3.05) is 0 Å². The van der Waals surface area contributed by atoms with Gasteiger partial charge in [0.25, 0.3) is 0 Å². The van der Waals surface area contributed by atoms with Gasteiger partial charge < -0.3 is 5.11 Å². The van der Waals surface area contributed by atoms with Crippen LogP contribution in [0, 0.1) is 17.7 Å². The molecular weight excluding hydrogens is 227 g/mol. The summed E-state index contributed by atoms with van der Waals surface area (Å²) in [7, 11) is 0. The minimum Gasteiger partial charge on any atom is -0.393 e. The summed E-state index contributed by atoms with van der Waals surface area (Å²) in [4.78, 5) is 0. The van der Waals surface area contributed by atoms with Crippen molar-refractivity contribution in [3.05, 3.63) is 34.6 Å². The molecule has 0 aromatic heterocycles. The van der Waals surface area contributed by atoms with Crippen LogP contribution in [0.2, 0.25) is 5.02 Å². The molecular formula is C13H16ClFO.